The molecule has 154 valence electrons. The Hall–Kier alpha value is -1.59. The fourth-order valence-electron chi connectivity index (χ4n) is 3.67. The molecule has 0 bridgehead atoms. The standard InChI is InChI=1S/C23H34O4Si/c1-21(2,3)26-20(24)18-15-16-13-14-25-19-12-10-9-11-17(19)23(16,18)27-28(7,8)22(4,5)6/h9-12,15-16H,13-14H2,1-8H3/t16-,23-/m1/s1. The lowest BCUT2D eigenvalue weighted by atomic mass is 9.65. The van der Waals surface area contributed by atoms with Crippen molar-refractivity contribution in [1.82, 2.24) is 0 Å². The van der Waals surface area contributed by atoms with Crippen LogP contribution in [-0.4, -0.2) is 26.5 Å². The molecular formula is C23H34O4Si. The number of hydrogen-bond acceptors (Lipinski definition) is 4. The minimum atomic E-state index is -2.20. The second-order valence-corrected chi connectivity index (χ2v) is 15.1. The van der Waals surface area contributed by atoms with Crippen molar-refractivity contribution in [3.63, 3.8) is 0 Å². The lowest BCUT2D eigenvalue weighted by Crippen LogP contribution is -2.57. The number of carbonyl (C=O) groups is 1. The zero-order valence-electron chi connectivity index (χ0n) is 18.5. The first kappa shape index (κ1) is 21.1. The van der Waals surface area contributed by atoms with E-state index in [4.69, 9.17) is 13.9 Å². The van der Waals surface area contributed by atoms with E-state index in [0.29, 0.717) is 12.2 Å². The quantitative estimate of drug-likeness (QED) is 0.489. The van der Waals surface area contributed by atoms with Crippen molar-refractivity contribution in [1.29, 1.82) is 0 Å². The molecule has 0 aromatic heterocycles. The smallest absolute Gasteiger partial charge is 0.337 e. The van der Waals surface area contributed by atoms with Gasteiger partial charge in [0.25, 0.3) is 0 Å². The van der Waals surface area contributed by atoms with Crippen molar-refractivity contribution in [3.8, 4) is 5.75 Å². The lowest BCUT2D eigenvalue weighted by Gasteiger charge is -2.53. The van der Waals surface area contributed by atoms with Crippen LogP contribution in [0.2, 0.25) is 18.1 Å². The third kappa shape index (κ3) is 3.55. The molecule has 1 heterocycles. The predicted molar refractivity (Wildman–Crippen MR) is 114 cm³/mol. The average Bonchev–Trinajstić information content (AvgIpc) is 2.62. The van der Waals surface area contributed by atoms with Gasteiger partial charge in [0.15, 0.2) is 8.32 Å². The van der Waals surface area contributed by atoms with Gasteiger partial charge in [-0.2, -0.15) is 0 Å². The molecule has 1 aliphatic carbocycles. The molecule has 1 aromatic carbocycles. The van der Waals surface area contributed by atoms with E-state index in [1.54, 1.807) is 0 Å². The maximum absolute atomic E-state index is 13.2. The molecule has 0 saturated heterocycles. The predicted octanol–water partition coefficient (Wildman–Crippen LogP) is 5.58. The normalized spacial score (nSPS) is 24.7. The second kappa shape index (κ2) is 6.73. The van der Waals surface area contributed by atoms with Gasteiger partial charge in [0.2, 0.25) is 0 Å². The third-order valence-corrected chi connectivity index (χ3v) is 10.5. The van der Waals surface area contributed by atoms with E-state index in [1.165, 1.54) is 0 Å². The van der Waals surface area contributed by atoms with Crippen LogP contribution in [0.5, 0.6) is 5.75 Å². The molecule has 0 N–H and O–H groups in total. The Kier molecular flexibility index (Phi) is 5.08. The van der Waals surface area contributed by atoms with Crippen LogP contribution < -0.4 is 4.74 Å². The number of para-hydroxylation sites is 1. The van der Waals surface area contributed by atoms with Gasteiger partial charge in [0.05, 0.1) is 12.2 Å². The SMILES string of the molecule is CC(C)(C)OC(=O)C1=C[C@H]2CCOc3ccccc3[C@@]12O[Si](C)(C)C(C)(C)C. The summed E-state index contributed by atoms with van der Waals surface area (Å²) in [6.45, 7) is 17.4. The molecular weight excluding hydrogens is 368 g/mol. The van der Waals surface area contributed by atoms with E-state index in [2.05, 4.69) is 33.9 Å². The van der Waals surface area contributed by atoms with Crippen LogP contribution in [0.3, 0.4) is 0 Å². The summed E-state index contributed by atoms with van der Waals surface area (Å²) < 4.78 is 18.9. The Bertz CT molecular complexity index is 798. The number of ether oxygens (including phenoxy) is 2. The van der Waals surface area contributed by atoms with Gasteiger partial charge in [0, 0.05) is 11.5 Å². The Morgan fingerprint density at radius 3 is 2.39 bits per heavy atom. The van der Waals surface area contributed by atoms with E-state index in [9.17, 15) is 4.79 Å². The maximum Gasteiger partial charge on any atom is 0.337 e. The number of fused-ring (bicyclic) bond motifs is 3. The van der Waals surface area contributed by atoms with Crippen LogP contribution in [0.15, 0.2) is 35.9 Å². The number of hydrogen-bond donors (Lipinski definition) is 0. The molecule has 1 aliphatic heterocycles. The number of carbonyl (C=O) groups excluding carboxylic acids is 1. The first-order chi connectivity index (χ1) is 12.8. The molecule has 2 atom stereocenters. The molecule has 2 aliphatic rings. The number of benzene rings is 1. The summed E-state index contributed by atoms with van der Waals surface area (Å²) in [5.74, 6) is 0.616. The molecule has 0 amide bonds. The Balaban J connectivity index is 2.14. The largest absolute Gasteiger partial charge is 0.493 e. The minimum absolute atomic E-state index is 0.0169. The van der Waals surface area contributed by atoms with Crippen molar-refractivity contribution in [2.75, 3.05) is 6.61 Å². The summed E-state index contributed by atoms with van der Waals surface area (Å²) in [4.78, 5) is 13.2. The van der Waals surface area contributed by atoms with Gasteiger partial charge in [-0.1, -0.05) is 45.0 Å². The molecule has 4 nitrogen and oxygen atoms in total. The fourth-order valence-corrected chi connectivity index (χ4v) is 5.15. The summed E-state index contributed by atoms with van der Waals surface area (Å²) >= 11 is 0. The summed E-state index contributed by atoms with van der Waals surface area (Å²) in [5.41, 5.74) is 0.223. The van der Waals surface area contributed by atoms with Gasteiger partial charge in [-0.25, -0.2) is 4.79 Å². The van der Waals surface area contributed by atoms with E-state index in [1.807, 2.05) is 51.1 Å². The summed E-state index contributed by atoms with van der Waals surface area (Å²) in [6, 6.07) is 7.97. The highest BCUT2D eigenvalue weighted by molar-refractivity contribution is 6.74. The molecule has 5 heteroatoms. The van der Waals surface area contributed by atoms with E-state index in [-0.39, 0.29) is 16.9 Å². The zero-order chi connectivity index (χ0) is 21.0. The fraction of sp³-hybridized carbons (Fsp3) is 0.609. The van der Waals surface area contributed by atoms with E-state index in [0.717, 1.165) is 17.7 Å². The summed E-state index contributed by atoms with van der Waals surface area (Å²) in [6.07, 6.45) is 2.85. The Morgan fingerprint density at radius 1 is 1.14 bits per heavy atom. The van der Waals surface area contributed by atoms with Gasteiger partial charge >= 0.3 is 5.97 Å². The molecule has 3 rings (SSSR count). The van der Waals surface area contributed by atoms with Crippen molar-refractivity contribution < 1.29 is 18.7 Å². The molecule has 0 saturated carbocycles. The first-order valence-corrected chi connectivity index (χ1v) is 13.1. The lowest BCUT2D eigenvalue weighted by molar-refractivity contribution is -0.154. The highest BCUT2D eigenvalue weighted by atomic mass is 28.4. The average molecular weight is 403 g/mol. The maximum atomic E-state index is 13.2. The topological polar surface area (TPSA) is 44.8 Å². The van der Waals surface area contributed by atoms with Crippen LogP contribution in [-0.2, 0) is 19.6 Å². The first-order valence-electron chi connectivity index (χ1n) is 10.2. The van der Waals surface area contributed by atoms with Crippen LogP contribution in [0.1, 0.15) is 53.5 Å². The van der Waals surface area contributed by atoms with Crippen molar-refractivity contribution >= 4 is 14.3 Å². The highest BCUT2D eigenvalue weighted by Crippen LogP contribution is 2.58. The third-order valence-electron chi connectivity index (χ3n) is 6.10. The van der Waals surface area contributed by atoms with Gasteiger partial charge in [-0.3, -0.25) is 0 Å². The van der Waals surface area contributed by atoms with Crippen molar-refractivity contribution in [3.05, 3.63) is 41.5 Å². The zero-order valence-corrected chi connectivity index (χ0v) is 19.5. The minimum Gasteiger partial charge on any atom is -0.493 e. The van der Waals surface area contributed by atoms with Gasteiger partial charge in [-0.05, 0) is 51.4 Å². The molecule has 0 spiro atoms. The Labute approximate surface area is 170 Å². The highest BCUT2D eigenvalue weighted by Gasteiger charge is 2.60. The molecule has 0 fully saturated rings. The molecule has 0 radical (unpaired) electrons. The van der Waals surface area contributed by atoms with Gasteiger partial charge in [0.1, 0.15) is 17.0 Å². The van der Waals surface area contributed by atoms with E-state index < -0.39 is 19.5 Å². The van der Waals surface area contributed by atoms with Crippen molar-refractivity contribution in [2.45, 2.75) is 77.3 Å². The molecule has 1 aromatic rings. The van der Waals surface area contributed by atoms with Gasteiger partial charge in [-0.15, -0.1) is 0 Å². The van der Waals surface area contributed by atoms with E-state index >= 15 is 0 Å². The number of esters is 1. The summed E-state index contributed by atoms with van der Waals surface area (Å²) in [5, 5.41) is 0.0169. The van der Waals surface area contributed by atoms with Crippen LogP contribution in [0.25, 0.3) is 0 Å². The number of rotatable bonds is 3. The second-order valence-electron chi connectivity index (χ2n) is 10.4. The summed E-state index contributed by atoms with van der Waals surface area (Å²) in [7, 11) is -2.20. The van der Waals surface area contributed by atoms with Crippen molar-refractivity contribution in [2.24, 2.45) is 5.92 Å². The van der Waals surface area contributed by atoms with Crippen LogP contribution >= 0.6 is 0 Å². The molecule has 0 unspecified atom stereocenters. The van der Waals surface area contributed by atoms with Crippen LogP contribution in [0.4, 0.5) is 0 Å². The van der Waals surface area contributed by atoms with Crippen LogP contribution in [0, 0.1) is 5.92 Å². The molecule has 28 heavy (non-hydrogen) atoms. The Morgan fingerprint density at radius 2 is 1.79 bits per heavy atom. The monoisotopic (exact) mass is 402 g/mol. The van der Waals surface area contributed by atoms with Gasteiger partial charge < -0.3 is 13.9 Å².